The Hall–Kier alpha value is -0.860. The van der Waals surface area contributed by atoms with Gasteiger partial charge in [0.05, 0.1) is 7.11 Å². The van der Waals surface area contributed by atoms with Crippen molar-refractivity contribution in [1.82, 2.24) is 0 Å². The number of rotatable bonds is 6. The van der Waals surface area contributed by atoms with Crippen LogP contribution in [0.15, 0.2) is 4.99 Å². The summed E-state index contributed by atoms with van der Waals surface area (Å²) in [7, 11) is 1.37. The molecule has 0 rings (SSSR count). The van der Waals surface area contributed by atoms with E-state index in [0.717, 1.165) is 12.8 Å². The molecule has 0 radical (unpaired) electrons. The van der Waals surface area contributed by atoms with E-state index in [-0.39, 0.29) is 12.5 Å². The van der Waals surface area contributed by atoms with E-state index >= 15 is 0 Å². The molecule has 70 valence electrons. The zero-order chi connectivity index (χ0) is 9.23. The number of hydrogen-bond acceptors (Lipinski definition) is 3. The largest absolute Gasteiger partial charge is 0.468 e. The van der Waals surface area contributed by atoms with Crippen LogP contribution in [-0.2, 0) is 9.53 Å². The zero-order valence-corrected chi connectivity index (χ0v) is 7.88. The van der Waals surface area contributed by atoms with Crippen molar-refractivity contribution in [1.29, 1.82) is 0 Å². The number of methoxy groups -OCH3 is 1. The van der Waals surface area contributed by atoms with Crippen molar-refractivity contribution in [3.63, 3.8) is 0 Å². The molecule has 3 nitrogen and oxygen atoms in total. The summed E-state index contributed by atoms with van der Waals surface area (Å²) in [6.45, 7) is 2.31. The number of ether oxygens (including phenoxy) is 1. The molecule has 0 aromatic carbocycles. The minimum atomic E-state index is -0.276. The lowest BCUT2D eigenvalue weighted by molar-refractivity contribution is -0.138. The fraction of sp³-hybridized carbons (Fsp3) is 0.778. The molecule has 0 aliphatic carbocycles. The summed E-state index contributed by atoms with van der Waals surface area (Å²) in [5, 5.41) is 0. The van der Waals surface area contributed by atoms with Gasteiger partial charge in [-0.15, -0.1) is 0 Å². The highest BCUT2D eigenvalue weighted by Crippen LogP contribution is 1.95. The van der Waals surface area contributed by atoms with Crippen molar-refractivity contribution in [3.05, 3.63) is 0 Å². The SMILES string of the molecule is CCCCCC=NCC(=O)OC. The molecule has 0 saturated carbocycles. The number of unbranched alkanes of at least 4 members (excludes halogenated alkanes) is 3. The molecule has 0 spiro atoms. The maximum atomic E-state index is 10.6. The molecular weight excluding hydrogens is 154 g/mol. The number of carbonyl (C=O) groups is 1. The summed E-state index contributed by atoms with van der Waals surface area (Å²) in [5.74, 6) is -0.276. The summed E-state index contributed by atoms with van der Waals surface area (Å²) in [6, 6.07) is 0. The van der Waals surface area contributed by atoms with Gasteiger partial charge in [-0.2, -0.15) is 0 Å². The Kier molecular flexibility index (Phi) is 7.65. The Bertz CT molecular complexity index is 143. The molecule has 0 aromatic rings. The molecule has 0 fully saturated rings. The van der Waals surface area contributed by atoms with E-state index < -0.39 is 0 Å². The van der Waals surface area contributed by atoms with Crippen molar-refractivity contribution in [2.45, 2.75) is 32.6 Å². The third-order valence-corrected chi connectivity index (χ3v) is 1.51. The van der Waals surface area contributed by atoms with Gasteiger partial charge in [0, 0.05) is 0 Å². The Balaban J connectivity index is 3.19. The van der Waals surface area contributed by atoms with E-state index in [1.165, 1.54) is 20.0 Å². The summed E-state index contributed by atoms with van der Waals surface area (Å²) in [5.41, 5.74) is 0. The van der Waals surface area contributed by atoms with Crippen LogP contribution >= 0.6 is 0 Å². The van der Waals surface area contributed by atoms with Gasteiger partial charge in [0.25, 0.3) is 0 Å². The highest BCUT2D eigenvalue weighted by Gasteiger charge is 1.93. The molecule has 0 N–H and O–H groups in total. The van der Waals surface area contributed by atoms with Crippen molar-refractivity contribution in [3.8, 4) is 0 Å². The molecule has 0 heterocycles. The first kappa shape index (κ1) is 11.1. The average Bonchev–Trinajstić information content (AvgIpc) is 2.10. The first-order valence-electron chi connectivity index (χ1n) is 4.36. The van der Waals surface area contributed by atoms with Gasteiger partial charge in [0.2, 0.25) is 0 Å². The van der Waals surface area contributed by atoms with E-state index in [9.17, 15) is 4.79 Å². The molecule has 0 amide bonds. The first-order chi connectivity index (χ1) is 5.81. The summed E-state index contributed by atoms with van der Waals surface area (Å²) in [6.07, 6.45) is 6.35. The normalized spacial score (nSPS) is 10.5. The van der Waals surface area contributed by atoms with Gasteiger partial charge >= 0.3 is 5.97 Å². The van der Waals surface area contributed by atoms with Gasteiger partial charge in [0.15, 0.2) is 0 Å². The van der Waals surface area contributed by atoms with Gasteiger partial charge in [-0.25, -0.2) is 0 Å². The van der Waals surface area contributed by atoms with Gasteiger partial charge in [0.1, 0.15) is 6.54 Å². The van der Waals surface area contributed by atoms with Crippen LogP contribution in [0.1, 0.15) is 32.6 Å². The molecule has 0 aliphatic heterocycles. The van der Waals surface area contributed by atoms with Crippen LogP contribution in [0.25, 0.3) is 0 Å². The maximum absolute atomic E-state index is 10.6. The Labute approximate surface area is 73.8 Å². The predicted octanol–water partition coefficient (Wildman–Crippen LogP) is 1.81. The number of nitrogens with zero attached hydrogens (tertiary/aromatic N) is 1. The number of aliphatic imine (C=N–C) groups is 1. The first-order valence-corrected chi connectivity index (χ1v) is 4.36. The van der Waals surface area contributed by atoms with Gasteiger partial charge in [-0.05, 0) is 19.1 Å². The van der Waals surface area contributed by atoms with Gasteiger partial charge in [-0.3, -0.25) is 9.79 Å². The lowest BCUT2D eigenvalue weighted by Crippen LogP contribution is -2.04. The minimum Gasteiger partial charge on any atom is -0.468 e. The quantitative estimate of drug-likeness (QED) is 0.347. The van der Waals surface area contributed by atoms with Crippen molar-refractivity contribution >= 4 is 12.2 Å². The molecule has 0 atom stereocenters. The fourth-order valence-corrected chi connectivity index (χ4v) is 0.781. The Morgan fingerprint density at radius 1 is 1.50 bits per heavy atom. The molecule has 12 heavy (non-hydrogen) atoms. The smallest absolute Gasteiger partial charge is 0.327 e. The Morgan fingerprint density at radius 3 is 2.83 bits per heavy atom. The van der Waals surface area contributed by atoms with Crippen molar-refractivity contribution < 1.29 is 9.53 Å². The lowest BCUT2D eigenvalue weighted by Gasteiger charge is -1.93. The van der Waals surface area contributed by atoms with Crippen LogP contribution in [-0.4, -0.2) is 25.8 Å². The standard InChI is InChI=1S/C9H17NO2/c1-3-4-5-6-7-10-8-9(11)12-2/h7H,3-6,8H2,1-2H3. The maximum Gasteiger partial charge on any atom is 0.327 e. The summed E-state index contributed by atoms with van der Waals surface area (Å²) < 4.78 is 4.43. The zero-order valence-electron chi connectivity index (χ0n) is 7.88. The topological polar surface area (TPSA) is 38.7 Å². The van der Waals surface area contributed by atoms with Crippen LogP contribution in [0, 0.1) is 0 Å². The van der Waals surface area contributed by atoms with Crippen LogP contribution in [0.3, 0.4) is 0 Å². The van der Waals surface area contributed by atoms with E-state index in [2.05, 4.69) is 16.7 Å². The van der Waals surface area contributed by atoms with Crippen molar-refractivity contribution in [2.24, 2.45) is 4.99 Å². The second kappa shape index (κ2) is 8.24. The summed E-state index contributed by atoms with van der Waals surface area (Å²) in [4.78, 5) is 14.5. The number of carbonyl (C=O) groups excluding carboxylic acids is 1. The van der Waals surface area contributed by atoms with Crippen LogP contribution in [0.4, 0.5) is 0 Å². The van der Waals surface area contributed by atoms with Crippen molar-refractivity contribution in [2.75, 3.05) is 13.7 Å². The van der Waals surface area contributed by atoms with E-state index in [1.54, 1.807) is 6.21 Å². The third-order valence-electron chi connectivity index (χ3n) is 1.51. The molecule has 0 aliphatic rings. The molecule has 0 bridgehead atoms. The van der Waals surface area contributed by atoms with E-state index in [1.807, 2.05) is 0 Å². The second-order valence-corrected chi connectivity index (χ2v) is 2.60. The van der Waals surface area contributed by atoms with E-state index in [4.69, 9.17) is 0 Å². The number of esters is 1. The van der Waals surface area contributed by atoms with E-state index in [0.29, 0.717) is 0 Å². The number of hydrogen-bond donors (Lipinski definition) is 0. The molecule has 0 aromatic heterocycles. The second-order valence-electron chi connectivity index (χ2n) is 2.60. The Morgan fingerprint density at radius 2 is 2.25 bits per heavy atom. The molecular formula is C9H17NO2. The van der Waals surface area contributed by atoms with Crippen LogP contribution in [0.5, 0.6) is 0 Å². The summed E-state index contributed by atoms with van der Waals surface area (Å²) >= 11 is 0. The monoisotopic (exact) mass is 171 g/mol. The van der Waals surface area contributed by atoms with Gasteiger partial charge < -0.3 is 4.74 Å². The third kappa shape index (κ3) is 7.25. The molecule has 0 saturated heterocycles. The van der Waals surface area contributed by atoms with Gasteiger partial charge in [-0.1, -0.05) is 19.8 Å². The average molecular weight is 171 g/mol. The fourth-order valence-electron chi connectivity index (χ4n) is 0.781. The van der Waals surface area contributed by atoms with Crippen LogP contribution in [0.2, 0.25) is 0 Å². The highest BCUT2D eigenvalue weighted by atomic mass is 16.5. The molecule has 0 unspecified atom stereocenters. The lowest BCUT2D eigenvalue weighted by atomic mass is 10.2. The predicted molar refractivity (Wildman–Crippen MR) is 49.5 cm³/mol. The highest BCUT2D eigenvalue weighted by molar-refractivity contribution is 5.73. The minimum absolute atomic E-state index is 0.155. The molecule has 3 heteroatoms. The van der Waals surface area contributed by atoms with Crippen LogP contribution < -0.4 is 0 Å².